The van der Waals surface area contributed by atoms with Gasteiger partial charge in [-0.1, -0.05) is 69.3 Å². The number of aromatic nitrogens is 1. The van der Waals surface area contributed by atoms with Crippen LogP contribution in [0.4, 0.5) is 5.69 Å². The molecule has 0 unspecified atom stereocenters. The Morgan fingerprint density at radius 1 is 0.861 bits per heavy atom. The quantitative estimate of drug-likeness (QED) is 0.189. The fourth-order valence-corrected chi connectivity index (χ4v) is 5.47. The van der Waals surface area contributed by atoms with Crippen LogP contribution < -0.4 is 4.57 Å². The van der Waals surface area contributed by atoms with Gasteiger partial charge >= 0.3 is 0 Å². The molecule has 0 aliphatic rings. The fourth-order valence-electron chi connectivity index (χ4n) is 5.47. The molecule has 3 nitrogen and oxygen atoms in total. The topological polar surface area (TPSA) is 21.4 Å². The lowest BCUT2D eigenvalue weighted by Gasteiger charge is -2.19. The van der Waals surface area contributed by atoms with Crippen LogP contribution in [0.5, 0.6) is 0 Å². The Bertz CT molecular complexity index is 1680. The molecular weight excluding hydrogens is 440 g/mol. The first-order valence-corrected chi connectivity index (χ1v) is 12.5. The molecule has 3 heteroatoms. The zero-order chi connectivity index (χ0) is 25.8. The first-order chi connectivity index (χ1) is 17.1. The Kier molecular flexibility index (Phi) is 5.72. The highest BCUT2D eigenvalue weighted by atomic mass is 16.3. The molecule has 0 bridgehead atoms. The van der Waals surface area contributed by atoms with Crippen LogP contribution in [0, 0.1) is 32.8 Å². The zero-order valence-electron chi connectivity index (χ0n) is 22.3. The van der Waals surface area contributed by atoms with Crippen molar-refractivity contribution < 1.29 is 8.98 Å². The zero-order valence-corrected chi connectivity index (χ0v) is 22.3. The Labute approximate surface area is 213 Å². The number of benzene rings is 3. The molecule has 36 heavy (non-hydrogen) atoms. The van der Waals surface area contributed by atoms with E-state index in [1.807, 2.05) is 42.5 Å². The molecule has 0 N–H and O–H groups in total. The minimum atomic E-state index is 0.222. The van der Waals surface area contributed by atoms with Crippen molar-refractivity contribution in [2.45, 2.75) is 48.0 Å². The van der Waals surface area contributed by atoms with E-state index in [2.05, 4.69) is 76.3 Å². The third kappa shape index (κ3) is 3.97. The molecule has 2 heterocycles. The molecule has 0 saturated heterocycles. The second-order valence-electron chi connectivity index (χ2n) is 11.2. The molecule has 0 aliphatic carbocycles. The van der Waals surface area contributed by atoms with Crippen molar-refractivity contribution in [3.8, 4) is 22.4 Å². The maximum atomic E-state index is 7.81. The third-order valence-electron chi connectivity index (χ3n) is 7.03. The van der Waals surface area contributed by atoms with Gasteiger partial charge in [0.2, 0.25) is 5.69 Å². The number of pyridine rings is 1. The van der Waals surface area contributed by atoms with Crippen LogP contribution in [-0.4, -0.2) is 0 Å². The highest BCUT2D eigenvalue weighted by Gasteiger charge is 2.26. The summed E-state index contributed by atoms with van der Waals surface area (Å²) in [5.41, 5.74) is 11.6. The molecule has 0 fully saturated rings. The number of nitrogens with zero attached hydrogens (tertiary/aromatic N) is 2. The smallest absolute Gasteiger partial charge is 0.216 e. The number of furan rings is 1. The van der Waals surface area contributed by atoms with E-state index >= 15 is 0 Å². The van der Waals surface area contributed by atoms with Crippen molar-refractivity contribution in [2.24, 2.45) is 12.5 Å². The van der Waals surface area contributed by atoms with E-state index in [9.17, 15) is 0 Å². The summed E-state index contributed by atoms with van der Waals surface area (Å²) in [5.74, 6) is 0. The van der Waals surface area contributed by atoms with Gasteiger partial charge in [0.15, 0.2) is 11.9 Å². The van der Waals surface area contributed by atoms with Crippen LogP contribution in [-0.2, 0) is 13.5 Å². The summed E-state index contributed by atoms with van der Waals surface area (Å²) >= 11 is 0. The molecule has 5 rings (SSSR count). The van der Waals surface area contributed by atoms with Crippen molar-refractivity contribution >= 4 is 27.6 Å². The second kappa shape index (κ2) is 8.64. The van der Waals surface area contributed by atoms with Crippen molar-refractivity contribution in [3.63, 3.8) is 0 Å². The molecule has 5 aromatic rings. The predicted octanol–water partition coefficient (Wildman–Crippen LogP) is 8.81. The standard InChI is InChI=1S/C33H33N2O/c1-20-17-27(35(8)19-24(20)18-33(4,5)6)29-22(3)16-21(2)28-25-14-15-26(34-7)30(31(25)36-32(28)29)23-12-10-9-11-13-23/h9-17,19H,18H2,1-6,8H3/q+1. The van der Waals surface area contributed by atoms with E-state index in [1.165, 1.54) is 22.3 Å². The monoisotopic (exact) mass is 473 g/mol. The summed E-state index contributed by atoms with van der Waals surface area (Å²) in [5, 5.41) is 2.18. The maximum Gasteiger partial charge on any atom is 0.216 e. The number of rotatable bonds is 3. The van der Waals surface area contributed by atoms with Crippen LogP contribution in [0.1, 0.15) is 43.0 Å². The molecule has 0 aliphatic heterocycles. The lowest BCUT2D eigenvalue weighted by molar-refractivity contribution is -0.660. The van der Waals surface area contributed by atoms with Crippen LogP contribution in [0.15, 0.2) is 65.2 Å². The lowest BCUT2D eigenvalue weighted by Crippen LogP contribution is -2.32. The van der Waals surface area contributed by atoms with Gasteiger partial charge in [-0.05, 0) is 54.9 Å². The number of fused-ring (bicyclic) bond motifs is 3. The first-order valence-electron chi connectivity index (χ1n) is 12.5. The van der Waals surface area contributed by atoms with E-state index in [0.717, 1.165) is 50.7 Å². The Hall–Kier alpha value is -3.90. The highest BCUT2D eigenvalue weighted by molar-refractivity contribution is 6.16. The van der Waals surface area contributed by atoms with E-state index in [-0.39, 0.29) is 5.41 Å². The van der Waals surface area contributed by atoms with Gasteiger partial charge in [-0.25, -0.2) is 9.41 Å². The number of aryl methyl sites for hydroxylation is 4. The van der Waals surface area contributed by atoms with Gasteiger partial charge in [-0.15, -0.1) is 0 Å². The van der Waals surface area contributed by atoms with E-state index in [0.29, 0.717) is 5.69 Å². The average molecular weight is 474 g/mol. The summed E-state index contributed by atoms with van der Waals surface area (Å²) in [4.78, 5) is 3.84. The molecule has 0 spiro atoms. The van der Waals surface area contributed by atoms with Gasteiger partial charge in [0.05, 0.1) is 12.1 Å². The highest BCUT2D eigenvalue weighted by Crippen LogP contribution is 2.45. The minimum Gasteiger partial charge on any atom is -0.456 e. The van der Waals surface area contributed by atoms with Crippen LogP contribution in [0.25, 0.3) is 49.2 Å². The fraction of sp³-hybridized carbons (Fsp3) is 0.273. The maximum absolute atomic E-state index is 7.81. The molecule has 180 valence electrons. The summed E-state index contributed by atoms with van der Waals surface area (Å²) in [7, 11) is 2.13. The van der Waals surface area contributed by atoms with Gasteiger partial charge in [-0.2, -0.15) is 0 Å². The largest absolute Gasteiger partial charge is 0.456 e. The Morgan fingerprint density at radius 3 is 2.25 bits per heavy atom. The van der Waals surface area contributed by atoms with Crippen LogP contribution >= 0.6 is 0 Å². The number of hydrogen-bond acceptors (Lipinski definition) is 1. The van der Waals surface area contributed by atoms with E-state index in [4.69, 9.17) is 11.0 Å². The molecule has 2 aromatic heterocycles. The van der Waals surface area contributed by atoms with Crippen molar-refractivity contribution in [1.82, 2.24) is 0 Å². The molecule has 3 aromatic carbocycles. The van der Waals surface area contributed by atoms with Crippen molar-refractivity contribution in [1.29, 1.82) is 0 Å². The Morgan fingerprint density at radius 2 is 1.58 bits per heavy atom. The van der Waals surface area contributed by atoms with Crippen LogP contribution in [0.2, 0.25) is 0 Å². The number of hydrogen-bond donors (Lipinski definition) is 0. The summed E-state index contributed by atoms with van der Waals surface area (Å²) in [6, 6.07) is 18.6. The molecule has 0 amide bonds. The molecular formula is C33H33N2O+. The SMILES string of the molecule is [C-]#[N+]c1ccc2c(oc3c(-c4cc(C)c(CC(C)(C)C)c[n+]4C)c(C)cc(C)c32)c1-c1ccccc1. The molecule has 0 atom stereocenters. The second-order valence-corrected chi connectivity index (χ2v) is 11.2. The van der Waals surface area contributed by atoms with Gasteiger partial charge in [0, 0.05) is 28.0 Å². The molecule has 0 saturated carbocycles. The van der Waals surface area contributed by atoms with Gasteiger partial charge in [0.25, 0.3) is 0 Å². The third-order valence-corrected chi connectivity index (χ3v) is 7.03. The van der Waals surface area contributed by atoms with E-state index in [1.54, 1.807) is 0 Å². The normalized spacial score (nSPS) is 11.8. The van der Waals surface area contributed by atoms with Crippen molar-refractivity contribution in [3.05, 3.63) is 94.5 Å². The summed E-state index contributed by atoms with van der Waals surface area (Å²) < 4.78 is 9.01. The van der Waals surface area contributed by atoms with Gasteiger partial charge < -0.3 is 4.42 Å². The predicted molar refractivity (Wildman–Crippen MR) is 149 cm³/mol. The van der Waals surface area contributed by atoms with Gasteiger partial charge in [0.1, 0.15) is 18.2 Å². The summed E-state index contributed by atoms with van der Waals surface area (Å²) in [6.07, 6.45) is 3.30. The average Bonchev–Trinajstić information content (AvgIpc) is 3.20. The first kappa shape index (κ1) is 23.8. The van der Waals surface area contributed by atoms with Crippen molar-refractivity contribution in [2.75, 3.05) is 0 Å². The van der Waals surface area contributed by atoms with Crippen LogP contribution in [0.3, 0.4) is 0 Å². The Balaban J connectivity index is 1.85. The van der Waals surface area contributed by atoms with Gasteiger partial charge in [-0.3, -0.25) is 0 Å². The van der Waals surface area contributed by atoms with E-state index < -0.39 is 0 Å². The minimum absolute atomic E-state index is 0.222. The lowest BCUT2D eigenvalue weighted by atomic mass is 9.86. The molecule has 0 radical (unpaired) electrons. The summed E-state index contributed by atoms with van der Waals surface area (Å²) in [6.45, 7) is 21.2.